The quantitative estimate of drug-likeness (QED) is 0.326. The summed E-state index contributed by atoms with van der Waals surface area (Å²) in [6.07, 6.45) is -0.511. The Labute approximate surface area is 83.7 Å². The minimum atomic E-state index is -4.03. The predicted octanol–water partition coefficient (Wildman–Crippen LogP) is -1.06. The monoisotopic (exact) mass is 227 g/mol. The molecule has 7 heteroatoms. The average Bonchev–Trinajstić information content (AvgIpc) is 2.09. The molecule has 0 aliphatic carbocycles. The third-order valence-corrected chi connectivity index (χ3v) is 2.54. The summed E-state index contributed by atoms with van der Waals surface area (Å²) in [5, 5.41) is 20.6. The maximum absolute atomic E-state index is 10.3. The Kier molecular flexibility index (Phi) is 6.21. The summed E-state index contributed by atoms with van der Waals surface area (Å²) in [5.41, 5.74) is 0. The average molecular weight is 227 g/mol. The molecule has 0 aliphatic heterocycles. The first-order chi connectivity index (χ1) is 6.39. The highest BCUT2D eigenvalue weighted by Crippen LogP contribution is 1.97. The van der Waals surface area contributed by atoms with Crippen molar-refractivity contribution in [1.82, 2.24) is 5.32 Å². The zero-order chi connectivity index (χ0) is 11.2. The van der Waals surface area contributed by atoms with E-state index < -0.39 is 22.1 Å². The van der Waals surface area contributed by atoms with E-state index in [0.717, 1.165) is 0 Å². The maximum atomic E-state index is 10.3. The van der Waals surface area contributed by atoms with E-state index in [2.05, 4.69) is 5.32 Å². The Balaban J connectivity index is 3.80. The lowest BCUT2D eigenvalue weighted by molar-refractivity contribution is 0.0994. The zero-order valence-electron chi connectivity index (χ0n) is 8.05. The van der Waals surface area contributed by atoms with Gasteiger partial charge in [0, 0.05) is 12.5 Å². The third-order valence-electron chi connectivity index (χ3n) is 1.79. The number of hydrogen-bond acceptors (Lipinski definition) is 5. The second kappa shape index (κ2) is 6.31. The molecule has 2 atom stereocenters. The first kappa shape index (κ1) is 13.8. The van der Waals surface area contributed by atoms with Crippen LogP contribution in [0.4, 0.5) is 0 Å². The lowest BCUT2D eigenvalue weighted by Gasteiger charge is -2.18. The van der Waals surface area contributed by atoms with Crippen LogP contribution < -0.4 is 5.32 Å². The van der Waals surface area contributed by atoms with Crippen LogP contribution in [0.5, 0.6) is 0 Å². The largest absolute Gasteiger partial charge is 0.395 e. The fourth-order valence-corrected chi connectivity index (χ4v) is 1.44. The summed E-state index contributed by atoms with van der Waals surface area (Å²) in [6.45, 7) is 1.70. The molecule has 0 saturated carbocycles. The van der Waals surface area contributed by atoms with Crippen molar-refractivity contribution < 1.29 is 23.2 Å². The van der Waals surface area contributed by atoms with Gasteiger partial charge in [-0.3, -0.25) is 9.87 Å². The Morgan fingerprint density at radius 2 is 2.00 bits per heavy atom. The Morgan fingerprint density at radius 3 is 2.36 bits per heavy atom. The number of hydrogen-bond donors (Lipinski definition) is 4. The molecular formula is C7H17NO5S. The van der Waals surface area contributed by atoms with E-state index in [4.69, 9.17) is 9.66 Å². The third kappa shape index (κ3) is 7.22. The Bertz CT molecular complexity index is 236. The van der Waals surface area contributed by atoms with Gasteiger partial charge in [-0.15, -0.1) is 0 Å². The highest BCUT2D eigenvalue weighted by Gasteiger charge is 2.13. The van der Waals surface area contributed by atoms with Crippen LogP contribution in [-0.2, 0) is 10.1 Å². The van der Waals surface area contributed by atoms with E-state index in [9.17, 15) is 13.5 Å². The molecule has 0 spiro atoms. The van der Waals surface area contributed by atoms with Crippen molar-refractivity contribution in [3.63, 3.8) is 0 Å². The van der Waals surface area contributed by atoms with Crippen LogP contribution in [0.1, 0.15) is 19.8 Å². The zero-order valence-corrected chi connectivity index (χ0v) is 8.87. The minimum Gasteiger partial charge on any atom is -0.395 e. The highest BCUT2D eigenvalue weighted by atomic mass is 32.2. The van der Waals surface area contributed by atoms with Crippen molar-refractivity contribution in [2.75, 3.05) is 12.4 Å². The molecular weight excluding hydrogens is 210 g/mol. The van der Waals surface area contributed by atoms with Gasteiger partial charge in [0.2, 0.25) is 0 Å². The molecule has 0 aliphatic rings. The van der Waals surface area contributed by atoms with Crippen LogP contribution in [0.2, 0.25) is 0 Å². The van der Waals surface area contributed by atoms with Gasteiger partial charge in [-0.05, 0) is 6.42 Å². The van der Waals surface area contributed by atoms with Crippen molar-refractivity contribution in [1.29, 1.82) is 0 Å². The van der Waals surface area contributed by atoms with E-state index >= 15 is 0 Å². The fraction of sp³-hybridized carbons (Fsp3) is 1.00. The van der Waals surface area contributed by atoms with Gasteiger partial charge in [0.1, 0.15) is 6.23 Å². The molecule has 0 rings (SSSR count). The number of nitrogens with one attached hydrogen (secondary N) is 1. The Hall–Kier alpha value is -0.210. The van der Waals surface area contributed by atoms with Gasteiger partial charge in [-0.25, -0.2) is 0 Å². The predicted molar refractivity (Wildman–Crippen MR) is 51.3 cm³/mol. The number of rotatable bonds is 7. The first-order valence-electron chi connectivity index (χ1n) is 4.39. The molecule has 0 aromatic heterocycles. The number of aliphatic hydroxyl groups excluding tert-OH is 2. The molecule has 0 amide bonds. The molecule has 0 saturated heterocycles. The highest BCUT2D eigenvalue weighted by molar-refractivity contribution is 7.85. The van der Waals surface area contributed by atoms with Gasteiger partial charge < -0.3 is 10.2 Å². The summed E-state index contributed by atoms with van der Waals surface area (Å²) >= 11 is 0. The summed E-state index contributed by atoms with van der Waals surface area (Å²) < 4.78 is 29.1. The van der Waals surface area contributed by atoms with Gasteiger partial charge in [0.05, 0.1) is 12.4 Å². The van der Waals surface area contributed by atoms with Gasteiger partial charge in [0.25, 0.3) is 10.1 Å². The molecule has 4 N–H and O–H groups in total. The fourth-order valence-electron chi connectivity index (χ4n) is 0.916. The molecule has 0 radical (unpaired) electrons. The van der Waals surface area contributed by atoms with Crippen LogP contribution in [0.3, 0.4) is 0 Å². The summed E-state index contributed by atoms with van der Waals surface area (Å²) in [6, 6.07) is -0.258. The van der Waals surface area contributed by atoms with Gasteiger partial charge in [-0.2, -0.15) is 8.42 Å². The summed E-state index contributed by atoms with van der Waals surface area (Å²) in [4.78, 5) is 0. The minimum absolute atomic E-state index is 0.102. The lowest BCUT2D eigenvalue weighted by atomic mass is 10.2. The summed E-state index contributed by atoms with van der Waals surface area (Å²) in [7, 11) is -4.03. The summed E-state index contributed by atoms with van der Waals surface area (Å²) in [5.74, 6) is -0.497. The molecule has 0 bridgehead atoms. The molecule has 0 aromatic rings. The van der Waals surface area contributed by atoms with Crippen LogP contribution in [0, 0.1) is 0 Å². The van der Waals surface area contributed by atoms with E-state index in [0.29, 0.717) is 6.42 Å². The van der Waals surface area contributed by atoms with Crippen molar-refractivity contribution in [3.8, 4) is 0 Å². The Morgan fingerprint density at radius 1 is 1.43 bits per heavy atom. The van der Waals surface area contributed by atoms with E-state index in [1.165, 1.54) is 0 Å². The van der Waals surface area contributed by atoms with Crippen LogP contribution in [0.15, 0.2) is 0 Å². The van der Waals surface area contributed by atoms with Crippen molar-refractivity contribution in [2.45, 2.75) is 32.0 Å². The van der Waals surface area contributed by atoms with Crippen LogP contribution in [0.25, 0.3) is 0 Å². The molecule has 6 nitrogen and oxygen atoms in total. The van der Waals surface area contributed by atoms with E-state index in [1.807, 2.05) is 6.92 Å². The van der Waals surface area contributed by atoms with Crippen LogP contribution >= 0.6 is 0 Å². The molecule has 0 fully saturated rings. The number of aliphatic hydroxyl groups is 2. The first-order valence-corrected chi connectivity index (χ1v) is 6.00. The maximum Gasteiger partial charge on any atom is 0.265 e. The molecule has 14 heavy (non-hydrogen) atoms. The van der Waals surface area contributed by atoms with Crippen LogP contribution in [-0.4, -0.2) is 47.8 Å². The molecule has 0 aromatic carbocycles. The molecule has 0 heterocycles. The lowest BCUT2D eigenvalue weighted by Crippen LogP contribution is -2.40. The van der Waals surface area contributed by atoms with E-state index in [-0.39, 0.29) is 19.1 Å². The van der Waals surface area contributed by atoms with E-state index in [1.54, 1.807) is 0 Å². The van der Waals surface area contributed by atoms with Gasteiger partial charge in [0.15, 0.2) is 0 Å². The SMILES string of the molecule is CCC(CO)NC(O)CCS(=O)(=O)O. The second-order valence-corrected chi connectivity index (χ2v) is 4.62. The standard InChI is InChI=1S/C7H17NO5S/c1-2-6(5-9)8-7(10)3-4-14(11,12)13/h6-10H,2-5H2,1H3,(H,11,12,13). The smallest absolute Gasteiger partial charge is 0.265 e. The van der Waals surface area contributed by atoms with Crippen molar-refractivity contribution >= 4 is 10.1 Å². The van der Waals surface area contributed by atoms with Gasteiger partial charge in [-0.1, -0.05) is 6.92 Å². The topological polar surface area (TPSA) is 107 Å². The van der Waals surface area contributed by atoms with Crippen molar-refractivity contribution in [3.05, 3.63) is 0 Å². The molecule has 2 unspecified atom stereocenters. The van der Waals surface area contributed by atoms with Crippen molar-refractivity contribution in [2.24, 2.45) is 0 Å². The van der Waals surface area contributed by atoms with Gasteiger partial charge >= 0.3 is 0 Å². The molecule has 86 valence electrons. The second-order valence-electron chi connectivity index (χ2n) is 3.04. The normalized spacial score (nSPS) is 16.6.